The topological polar surface area (TPSA) is 131 Å². The van der Waals surface area contributed by atoms with Crippen LogP contribution in [0, 0.1) is 3.57 Å². The average Bonchev–Trinajstić information content (AvgIpc) is 3.06. The molecule has 1 saturated heterocycles. The molecule has 0 bridgehead atoms. The molecule has 3 atom stereocenters. The third-order valence-corrected chi connectivity index (χ3v) is 7.65. The van der Waals surface area contributed by atoms with Crippen LogP contribution >= 0.6 is 22.6 Å². The molecular weight excluding hydrogens is 529 g/mol. The fourth-order valence-corrected chi connectivity index (χ4v) is 5.83. The van der Waals surface area contributed by atoms with Crippen LogP contribution in [0.3, 0.4) is 0 Å². The van der Waals surface area contributed by atoms with Gasteiger partial charge in [0, 0.05) is 9.99 Å². The van der Waals surface area contributed by atoms with E-state index in [1.54, 1.807) is 31.2 Å². The van der Waals surface area contributed by atoms with Crippen molar-refractivity contribution in [3.63, 3.8) is 0 Å². The fourth-order valence-electron chi connectivity index (χ4n) is 3.57. The number of anilines is 1. The van der Waals surface area contributed by atoms with Gasteiger partial charge in [-0.2, -0.15) is 0 Å². The molecule has 3 N–H and O–H groups in total. The Balaban J connectivity index is 1.95. The molecule has 0 amide bonds. The number of para-hydroxylation sites is 1. The third kappa shape index (κ3) is 4.81. The number of hydrogen-bond donors (Lipinski definition) is 3. The van der Waals surface area contributed by atoms with Gasteiger partial charge in [-0.15, -0.1) is 0 Å². The number of esters is 1. The van der Waals surface area contributed by atoms with E-state index in [2.05, 4.69) is 4.72 Å². The van der Waals surface area contributed by atoms with Crippen LogP contribution in [0.2, 0.25) is 0 Å². The second-order valence-corrected chi connectivity index (χ2v) is 9.99. The lowest BCUT2D eigenvalue weighted by molar-refractivity contribution is -0.154. The van der Waals surface area contributed by atoms with Crippen molar-refractivity contribution < 1.29 is 37.6 Å². The summed E-state index contributed by atoms with van der Waals surface area (Å²) in [7, 11) is -3.99. The van der Waals surface area contributed by atoms with Gasteiger partial charge in [-0.25, -0.2) is 13.2 Å². The third-order valence-electron chi connectivity index (χ3n) is 4.97. The number of halogens is 1. The lowest BCUT2D eigenvalue weighted by atomic mass is 9.94. The highest BCUT2D eigenvalue weighted by Crippen LogP contribution is 2.41. The van der Waals surface area contributed by atoms with Crippen molar-refractivity contribution in [2.24, 2.45) is 0 Å². The second kappa shape index (κ2) is 9.49. The molecule has 1 unspecified atom stereocenters. The van der Waals surface area contributed by atoms with Crippen LogP contribution in [0.25, 0.3) is 0 Å². The molecule has 0 saturated carbocycles. The summed E-state index contributed by atoms with van der Waals surface area (Å²) in [4.78, 5) is 12.6. The molecule has 1 fully saturated rings. The summed E-state index contributed by atoms with van der Waals surface area (Å²) in [5.74, 6) is -2.19. The largest absolute Gasteiger partial charge is 0.463 e. The first-order valence-corrected chi connectivity index (χ1v) is 12.1. The van der Waals surface area contributed by atoms with Crippen LogP contribution in [0.4, 0.5) is 5.69 Å². The van der Waals surface area contributed by atoms with Crippen LogP contribution in [0.1, 0.15) is 19.8 Å². The molecule has 9 nitrogen and oxygen atoms in total. The predicted octanol–water partition coefficient (Wildman–Crippen LogP) is 1.15. The van der Waals surface area contributed by atoms with Crippen LogP contribution in [0.5, 0.6) is 0 Å². The van der Waals surface area contributed by atoms with Gasteiger partial charge in [-0.1, -0.05) is 12.1 Å². The number of hydrogen-bond acceptors (Lipinski definition) is 8. The van der Waals surface area contributed by atoms with E-state index in [-0.39, 0.29) is 38.2 Å². The monoisotopic (exact) mass is 553 g/mol. The van der Waals surface area contributed by atoms with E-state index < -0.39 is 39.2 Å². The van der Waals surface area contributed by atoms with Gasteiger partial charge in [0.1, 0.15) is 17.5 Å². The summed E-state index contributed by atoms with van der Waals surface area (Å²) < 4.78 is 46.2. The Morgan fingerprint density at radius 2 is 1.90 bits per heavy atom. The highest BCUT2D eigenvalue weighted by molar-refractivity contribution is 14.1. The van der Waals surface area contributed by atoms with Crippen molar-refractivity contribution in [2.45, 2.75) is 43.0 Å². The molecule has 11 heteroatoms. The molecule has 1 heterocycles. The van der Waals surface area contributed by atoms with Crippen LogP contribution in [-0.2, 0) is 29.0 Å². The summed E-state index contributed by atoms with van der Waals surface area (Å²) in [5, 5.41) is 17.8. The van der Waals surface area contributed by atoms with Gasteiger partial charge in [0.25, 0.3) is 0 Å². The van der Waals surface area contributed by atoms with E-state index in [9.17, 15) is 23.4 Å². The Bertz CT molecular complexity index is 907. The molecule has 3 rings (SSSR count). The van der Waals surface area contributed by atoms with Crippen molar-refractivity contribution in [2.75, 3.05) is 24.5 Å². The second-order valence-electron chi connectivity index (χ2n) is 6.96. The van der Waals surface area contributed by atoms with Crippen molar-refractivity contribution in [1.29, 1.82) is 0 Å². The summed E-state index contributed by atoms with van der Waals surface area (Å²) in [5.41, 5.74) is 0.312. The number of carbonyl (C=O) groups excluding carboxylic acids is 1. The van der Waals surface area contributed by atoms with Gasteiger partial charge in [0.2, 0.25) is 10.0 Å². The number of nitrogens with one attached hydrogen (secondary N) is 1. The van der Waals surface area contributed by atoms with E-state index in [1.165, 1.54) is 6.08 Å². The zero-order chi connectivity index (χ0) is 21.9. The maximum absolute atomic E-state index is 13.1. The normalized spacial score (nSPS) is 25.7. The van der Waals surface area contributed by atoms with Gasteiger partial charge >= 0.3 is 5.97 Å². The maximum Gasteiger partial charge on any atom is 0.335 e. The van der Waals surface area contributed by atoms with Crippen molar-refractivity contribution >= 4 is 44.3 Å². The van der Waals surface area contributed by atoms with Crippen molar-refractivity contribution in [3.8, 4) is 0 Å². The first kappa shape index (κ1) is 23.4. The standard InChI is InChI=1S/C19H24INO8S/c1-2-27-18(24)12-9-19(28-15(10-22)16(11-23)29-19)8-7-17(12)30(25,26)21-14-6-4-3-5-13(14)20/h3-6,9,15-17,21-23H,2,7-8,10-11H2,1H3/t15-,16-,17?/m1/s1. The Kier molecular flexibility index (Phi) is 7.40. The minimum atomic E-state index is -3.99. The Morgan fingerprint density at radius 3 is 2.47 bits per heavy atom. The first-order chi connectivity index (χ1) is 14.2. The summed E-state index contributed by atoms with van der Waals surface area (Å²) in [6.45, 7) is 0.925. The SMILES string of the molecule is CCOC(=O)C1=CC2(CCC1S(=O)(=O)Nc1ccccc1I)O[C@H](CO)[C@@H](CO)O2. The Hall–Kier alpha value is -1.25. The number of sulfonamides is 1. The van der Waals surface area contributed by atoms with Crippen LogP contribution in [-0.4, -0.2) is 67.7 Å². The van der Waals surface area contributed by atoms with E-state index in [0.29, 0.717) is 9.26 Å². The molecule has 0 radical (unpaired) electrons. The molecule has 1 spiro atoms. The predicted molar refractivity (Wildman–Crippen MR) is 116 cm³/mol. The molecule has 30 heavy (non-hydrogen) atoms. The number of carbonyl (C=O) groups is 1. The van der Waals surface area contributed by atoms with Crippen molar-refractivity contribution in [1.82, 2.24) is 0 Å². The Morgan fingerprint density at radius 1 is 1.27 bits per heavy atom. The maximum atomic E-state index is 13.1. The molecule has 2 aliphatic rings. The summed E-state index contributed by atoms with van der Waals surface area (Å²) in [6.07, 6.45) is -0.106. The van der Waals surface area contributed by atoms with Gasteiger partial charge in [-0.3, -0.25) is 4.72 Å². The molecule has 1 aliphatic heterocycles. The molecular formula is C19H24INO8S. The number of aliphatic hydroxyl groups excluding tert-OH is 2. The smallest absolute Gasteiger partial charge is 0.335 e. The molecule has 1 aromatic rings. The van der Waals surface area contributed by atoms with Gasteiger partial charge < -0.3 is 24.4 Å². The van der Waals surface area contributed by atoms with E-state index in [0.717, 1.165) is 0 Å². The molecule has 1 aliphatic carbocycles. The molecule has 166 valence electrons. The minimum Gasteiger partial charge on any atom is -0.463 e. The number of benzene rings is 1. The summed E-state index contributed by atoms with van der Waals surface area (Å²) >= 11 is 2.02. The Labute approximate surface area is 188 Å². The molecule has 0 aromatic heterocycles. The number of aliphatic hydroxyl groups is 2. The summed E-state index contributed by atoms with van der Waals surface area (Å²) in [6, 6.07) is 6.90. The van der Waals surface area contributed by atoms with E-state index in [4.69, 9.17) is 14.2 Å². The average molecular weight is 553 g/mol. The highest BCUT2D eigenvalue weighted by atomic mass is 127. The van der Waals surface area contributed by atoms with E-state index >= 15 is 0 Å². The van der Waals surface area contributed by atoms with Crippen LogP contribution in [0.15, 0.2) is 35.9 Å². The number of rotatable bonds is 7. The zero-order valence-electron chi connectivity index (χ0n) is 16.3. The first-order valence-electron chi connectivity index (χ1n) is 9.48. The van der Waals surface area contributed by atoms with Crippen molar-refractivity contribution in [3.05, 3.63) is 39.5 Å². The molecule has 1 aromatic carbocycles. The highest BCUT2D eigenvalue weighted by Gasteiger charge is 2.51. The van der Waals surface area contributed by atoms with E-state index in [1.807, 2.05) is 22.6 Å². The minimum absolute atomic E-state index is 0.0275. The van der Waals surface area contributed by atoms with Gasteiger partial charge in [0.05, 0.1) is 31.1 Å². The fraction of sp³-hybridized carbons (Fsp3) is 0.526. The zero-order valence-corrected chi connectivity index (χ0v) is 19.3. The van der Waals surface area contributed by atoms with Gasteiger partial charge in [0.15, 0.2) is 5.79 Å². The number of ether oxygens (including phenoxy) is 3. The van der Waals surface area contributed by atoms with Gasteiger partial charge in [-0.05, 0) is 54.1 Å². The lowest BCUT2D eigenvalue weighted by Crippen LogP contribution is -2.42. The quantitative estimate of drug-likeness (QED) is 0.339. The lowest BCUT2D eigenvalue weighted by Gasteiger charge is -2.33. The van der Waals surface area contributed by atoms with Crippen LogP contribution < -0.4 is 4.72 Å².